The Kier molecular flexibility index (Phi) is 5.51. The van der Waals surface area contributed by atoms with Crippen LogP contribution < -0.4 is 10.1 Å². The number of nitriles is 1. The number of carbonyl (C=O) groups is 1. The first kappa shape index (κ1) is 20.3. The highest BCUT2D eigenvalue weighted by molar-refractivity contribution is 7.17. The Labute approximate surface area is 180 Å². The Hall–Kier alpha value is -3.97. The molecule has 0 bridgehead atoms. The fraction of sp³-hybridized carbons (Fsp3) is 0.143. The predicted octanol–water partition coefficient (Wildman–Crippen LogP) is 3.99. The van der Waals surface area contributed by atoms with Crippen molar-refractivity contribution in [2.45, 2.75) is 6.54 Å². The van der Waals surface area contributed by atoms with Crippen molar-refractivity contribution in [2.24, 2.45) is 0 Å². The number of hydrogen-bond acceptors (Lipinski definition) is 7. The summed E-state index contributed by atoms with van der Waals surface area (Å²) in [4.78, 5) is 20.4. The van der Waals surface area contributed by atoms with Crippen LogP contribution in [0.4, 0.5) is 10.2 Å². The van der Waals surface area contributed by atoms with Crippen LogP contribution in [0.3, 0.4) is 0 Å². The molecule has 0 saturated heterocycles. The van der Waals surface area contributed by atoms with Crippen molar-refractivity contribution in [3.63, 3.8) is 0 Å². The fourth-order valence-electron chi connectivity index (χ4n) is 3.29. The topological polar surface area (TPSA) is 113 Å². The third-order valence-electron chi connectivity index (χ3n) is 4.68. The van der Waals surface area contributed by atoms with Gasteiger partial charge in [0.2, 0.25) is 0 Å². The molecule has 2 N–H and O–H groups in total. The molecule has 4 aromatic rings. The number of nitrogens with zero attached hydrogens (tertiary/aromatic N) is 4. The number of anilines is 1. The van der Waals surface area contributed by atoms with Crippen molar-refractivity contribution in [3.8, 4) is 22.4 Å². The minimum Gasteiger partial charge on any atom is -0.496 e. The number of methoxy groups -OCH3 is 1. The van der Waals surface area contributed by atoms with Crippen molar-refractivity contribution in [1.29, 1.82) is 5.26 Å². The highest BCUT2D eigenvalue weighted by Crippen LogP contribution is 2.31. The summed E-state index contributed by atoms with van der Waals surface area (Å²) in [5.74, 6) is -0.395. The van der Waals surface area contributed by atoms with Gasteiger partial charge in [0.05, 0.1) is 23.2 Å². The summed E-state index contributed by atoms with van der Waals surface area (Å²) in [5.41, 5.74) is 1.22. The quantitative estimate of drug-likeness (QED) is 0.449. The van der Waals surface area contributed by atoms with Gasteiger partial charge >= 0.3 is 5.97 Å². The third kappa shape index (κ3) is 3.91. The fourth-order valence-corrected chi connectivity index (χ4v) is 4.10. The monoisotopic (exact) mass is 437 g/mol. The molecule has 0 fully saturated rings. The molecule has 0 aliphatic rings. The van der Waals surface area contributed by atoms with Crippen molar-refractivity contribution >= 4 is 34.0 Å². The van der Waals surface area contributed by atoms with Gasteiger partial charge in [-0.1, -0.05) is 0 Å². The van der Waals surface area contributed by atoms with E-state index >= 15 is 0 Å². The van der Waals surface area contributed by atoms with E-state index in [0.717, 1.165) is 11.3 Å². The predicted molar refractivity (Wildman–Crippen MR) is 114 cm³/mol. The zero-order valence-corrected chi connectivity index (χ0v) is 17.1. The van der Waals surface area contributed by atoms with E-state index in [1.807, 2.05) is 0 Å². The van der Waals surface area contributed by atoms with Crippen LogP contribution in [0.1, 0.15) is 15.4 Å². The number of aromatic carboxylic acids is 1. The summed E-state index contributed by atoms with van der Waals surface area (Å²) >= 11 is 1.12. The van der Waals surface area contributed by atoms with E-state index in [-0.39, 0.29) is 4.88 Å². The molecule has 0 atom stereocenters. The van der Waals surface area contributed by atoms with Gasteiger partial charge in [-0.3, -0.25) is 0 Å². The standard InChI is InChI=1S/C21H16FN5O3S/c1-30-16-3-2-14(22)20-13(16)8-12(10-23)27(20)7-6-24-19-9-15(25-11-26-19)17-4-5-18(31-17)21(28)29/h2-5,8-9,11H,6-7H2,1H3,(H,28,29)(H,24,25,26). The van der Waals surface area contributed by atoms with Gasteiger partial charge in [-0.15, -0.1) is 11.3 Å². The van der Waals surface area contributed by atoms with E-state index in [0.29, 0.717) is 51.8 Å². The number of ether oxygens (including phenoxy) is 1. The molecular weight excluding hydrogens is 421 g/mol. The first-order chi connectivity index (χ1) is 15.0. The van der Waals surface area contributed by atoms with Gasteiger partial charge in [0.25, 0.3) is 0 Å². The third-order valence-corrected chi connectivity index (χ3v) is 5.78. The highest BCUT2D eigenvalue weighted by atomic mass is 32.1. The van der Waals surface area contributed by atoms with E-state index in [1.165, 1.54) is 31.6 Å². The number of halogens is 1. The number of benzene rings is 1. The molecule has 0 spiro atoms. The normalized spacial score (nSPS) is 10.7. The molecule has 3 aromatic heterocycles. The molecule has 0 aliphatic carbocycles. The lowest BCUT2D eigenvalue weighted by molar-refractivity contribution is 0.0702. The average Bonchev–Trinajstić information content (AvgIpc) is 3.40. The summed E-state index contributed by atoms with van der Waals surface area (Å²) in [6.07, 6.45) is 1.38. The number of thiophene rings is 1. The Bertz CT molecular complexity index is 1320. The summed E-state index contributed by atoms with van der Waals surface area (Å²) < 4.78 is 21.4. The minimum atomic E-state index is -0.986. The maximum absolute atomic E-state index is 14.5. The first-order valence-corrected chi connectivity index (χ1v) is 9.98. The van der Waals surface area contributed by atoms with Crippen LogP contribution in [-0.4, -0.2) is 39.3 Å². The minimum absolute atomic E-state index is 0.226. The number of carboxylic acid groups (broad SMARTS) is 1. The Morgan fingerprint density at radius 1 is 1.32 bits per heavy atom. The van der Waals surface area contributed by atoms with Crippen molar-refractivity contribution in [3.05, 3.63) is 59.1 Å². The molecule has 0 amide bonds. The van der Waals surface area contributed by atoms with Gasteiger partial charge < -0.3 is 19.7 Å². The van der Waals surface area contributed by atoms with Crippen LogP contribution in [0, 0.1) is 17.1 Å². The smallest absolute Gasteiger partial charge is 0.345 e. The molecule has 0 saturated carbocycles. The Morgan fingerprint density at radius 3 is 2.87 bits per heavy atom. The number of hydrogen-bond donors (Lipinski definition) is 2. The summed E-state index contributed by atoms with van der Waals surface area (Å²) in [5, 5.41) is 22.2. The van der Waals surface area contributed by atoms with Crippen LogP contribution in [0.5, 0.6) is 5.75 Å². The molecule has 31 heavy (non-hydrogen) atoms. The van der Waals surface area contributed by atoms with Gasteiger partial charge in [-0.05, 0) is 30.3 Å². The van der Waals surface area contributed by atoms with Gasteiger partial charge in [0.15, 0.2) is 0 Å². The maximum atomic E-state index is 14.5. The van der Waals surface area contributed by atoms with E-state index in [1.54, 1.807) is 22.8 Å². The van der Waals surface area contributed by atoms with Gasteiger partial charge in [0, 0.05) is 24.5 Å². The van der Waals surface area contributed by atoms with E-state index in [9.17, 15) is 14.4 Å². The molecule has 8 nitrogen and oxygen atoms in total. The SMILES string of the molecule is COc1ccc(F)c2c1cc(C#N)n2CCNc1cc(-c2ccc(C(=O)O)s2)ncn1. The van der Waals surface area contributed by atoms with Crippen molar-refractivity contribution in [2.75, 3.05) is 19.0 Å². The second kappa shape index (κ2) is 8.41. The lowest BCUT2D eigenvalue weighted by atomic mass is 10.2. The molecule has 156 valence electrons. The van der Waals surface area contributed by atoms with Gasteiger partial charge in [-0.2, -0.15) is 5.26 Å². The molecule has 1 aromatic carbocycles. The molecule has 4 rings (SSSR count). The van der Waals surface area contributed by atoms with Gasteiger partial charge in [0.1, 0.15) is 40.4 Å². The van der Waals surface area contributed by atoms with E-state index < -0.39 is 11.8 Å². The number of carboxylic acids is 1. The van der Waals surface area contributed by atoms with Crippen LogP contribution in [-0.2, 0) is 6.54 Å². The highest BCUT2D eigenvalue weighted by Gasteiger charge is 2.16. The molecule has 3 heterocycles. The van der Waals surface area contributed by atoms with Crippen LogP contribution in [0.15, 0.2) is 42.7 Å². The molecule has 0 aliphatic heterocycles. The lowest BCUT2D eigenvalue weighted by Crippen LogP contribution is -2.13. The number of rotatable bonds is 7. The summed E-state index contributed by atoms with van der Waals surface area (Å²) in [7, 11) is 1.50. The Balaban J connectivity index is 1.54. The van der Waals surface area contributed by atoms with Crippen molar-refractivity contribution < 1.29 is 19.0 Å². The summed E-state index contributed by atoms with van der Waals surface area (Å²) in [6.45, 7) is 0.689. The van der Waals surface area contributed by atoms with Gasteiger partial charge in [-0.25, -0.2) is 19.2 Å². The number of aromatic nitrogens is 3. The maximum Gasteiger partial charge on any atom is 0.345 e. The number of fused-ring (bicyclic) bond motifs is 1. The van der Waals surface area contributed by atoms with Crippen LogP contribution in [0.25, 0.3) is 21.5 Å². The number of nitrogens with one attached hydrogen (secondary N) is 1. The molecule has 10 heteroatoms. The second-order valence-electron chi connectivity index (χ2n) is 6.49. The van der Waals surface area contributed by atoms with E-state index in [2.05, 4.69) is 21.4 Å². The van der Waals surface area contributed by atoms with Crippen molar-refractivity contribution in [1.82, 2.24) is 14.5 Å². The Morgan fingerprint density at radius 2 is 2.16 bits per heavy atom. The largest absolute Gasteiger partial charge is 0.496 e. The zero-order chi connectivity index (χ0) is 22.0. The average molecular weight is 437 g/mol. The van der Waals surface area contributed by atoms with Crippen LogP contribution in [0.2, 0.25) is 0 Å². The zero-order valence-electron chi connectivity index (χ0n) is 16.3. The molecule has 0 radical (unpaired) electrons. The van der Waals surface area contributed by atoms with E-state index in [4.69, 9.17) is 9.84 Å². The molecular formula is C21H16FN5O3S. The lowest BCUT2D eigenvalue weighted by Gasteiger charge is -2.11. The molecule has 0 unspecified atom stereocenters. The van der Waals surface area contributed by atoms with Crippen LogP contribution >= 0.6 is 11.3 Å². The first-order valence-electron chi connectivity index (χ1n) is 9.17. The summed E-state index contributed by atoms with van der Waals surface area (Å²) in [6, 6.07) is 11.5. The second-order valence-corrected chi connectivity index (χ2v) is 7.57.